The lowest BCUT2D eigenvalue weighted by atomic mass is 10.1. The lowest BCUT2D eigenvalue weighted by Crippen LogP contribution is -2.42. The predicted molar refractivity (Wildman–Crippen MR) is 93.7 cm³/mol. The van der Waals surface area contributed by atoms with E-state index in [0.717, 1.165) is 11.3 Å². The van der Waals surface area contributed by atoms with Gasteiger partial charge in [-0.1, -0.05) is 18.2 Å². The van der Waals surface area contributed by atoms with Crippen LogP contribution in [0.25, 0.3) is 5.69 Å². The topological polar surface area (TPSA) is 98.1 Å². The van der Waals surface area contributed by atoms with Gasteiger partial charge in [-0.2, -0.15) is 5.10 Å². The fourth-order valence-electron chi connectivity index (χ4n) is 2.37. The summed E-state index contributed by atoms with van der Waals surface area (Å²) in [6, 6.07) is 14.0. The molecule has 0 unspecified atom stereocenters. The minimum atomic E-state index is -0.413. The van der Waals surface area contributed by atoms with Gasteiger partial charge in [0.1, 0.15) is 18.4 Å². The van der Waals surface area contributed by atoms with E-state index in [0.29, 0.717) is 11.3 Å². The molecule has 0 spiro atoms. The van der Waals surface area contributed by atoms with Gasteiger partial charge in [0.05, 0.1) is 19.2 Å². The zero-order valence-electron chi connectivity index (χ0n) is 14.0. The number of benzene rings is 2. The van der Waals surface area contributed by atoms with Crippen LogP contribution in [0, 0.1) is 0 Å². The summed E-state index contributed by atoms with van der Waals surface area (Å²) in [4.78, 5) is 28.0. The summed E-state index contributed by atoms with van der Waals surface area (Å²) in [5, 5.41) is 4.01. The van der Waals surface area contributed by atoms with Crippen LogP contribution in [0.5, 0.6) is 5.75 Å². The SMILES string of the molecule is COc1ccccc1CC(=O)NNC(=O)c1ccc(-n2cncn2)cc1. The van der Waals surface area contributed by atoms with Gasteiger partial charge < -0.3 is 4.74 Å². The molecule has 8 nitrogen and oxygen atoms in total. The third-order valence-electron chi connectivity index (χ3n) is 3.67. The highest BCUT2D eigenvalue weighted by Gasteiger charge is 2.10. The molecular weight excluding hydrogens is 334 g/mol. The van der Waals surface area contributed by atoms with Crippen LogP contribution >= 0.6 is 0 Å². The second kappa shape index (κ2) is 7.93. The number of methoxy groups -OCH3 is 1. The Morgan fingerprint density at radius 2 is 1.85 bits per heavy atom. The van der Waals surface area contributed by atoms with Crippen molar-refractivity contribution in [1.82, 2.24) is 25.6 Å². The number of para-hydroxylation sites is 1. The third-order valence-corrected chi connectivity index (χ3v) is 3.67. The van der Waals surface area contributed by atoms with Gasteiger partial charge in [-0.3, -0.25) is 20.4 Å². The van der Waals surface area contributed by atoms with Crippen LogP contribution < -0.4 is 15.6 Å². The molecule has 0 aliphatic rings. The number of hydrogen-bond donors (Lipinski definition) is 2. The van der Waals surface area contributed by atoms with Crippen molar-refractivity contribution in [1.29, 1.82) is 0 Å². The average Bonchev–Trinajstić information content (AvgIpc) is 3.21. The van der Waals surface area contributed by atoms with Gasteiger partial charge in [0.25, 0.3) is 5.91 Å². The van der Waals surface area contributed by atoms with Gasteiger partial charge in [0.2, 0.25) is 5.91 Å². The first-order valence-electron chi connectivity index (χ1n) is 7.83. The Bertz CT molecular complexity index is 891. The van der Waals surface area contributed by atoms with E-state index in [1.54, 1.807) is 54.5 Å². The van der Waals surface area contributed by atoms with Crippen molar-refractivity contribution in [3.8, 4) is 11.4 Å². The summed E-state index contributed by atoms with van der Waals surface area (Å²) in [6.07, 6.45) is 3.08. The van der Waals surface area contributed by atoms with Gasteiger partial charge >= 0.3 is 0 Å². The molecule has 3 rings (SSSR count). The number of ether oxygens (including phenoxy) is 1. The molecule has 0 bridgehead atoms. The molecule has 2 aromatic carbocycles. The highest BCUT2D eigenvalue weighted by molar-refractivity contribution is 5.95. The zero-order chi connectivity index (χ0) is 18.4. The molecule has 8 heteroatoms. The molecule has 132 valence electrons. The van der Waals surface area contributed by atoms with Crippen LogP contribution in [0.3, 0.4) is 0 Å². The minimum absolute atomic E-state index is 0.0928. The van der Waals surface area contributed by atoms with E-state index in [-0.39, 0.29) is 12.3 Å². The van der Waals surface area contributed by atoms with Crippen LogP contribution in [-0.4, -0.2) is 33.7 Å². The van der Waals surface area contributed by atoms with E-state index in [1.807, 2.05) is 12.1 Å². The highest BCUT2D eigenvalue weighted by atomic mass is 16.5. The van der Waals surface area contributed by atoms with Crippen LogP contribution in [0.1, 0.15) is 15.9 Å². The van der Waals surface area contributed by atoms with E-state index >= 15 is 0 Å². The van der Waals surface area contributed by atoms with Crippen molar-refractivity contribution < 1.29 is 14.3 Å². The van der Waals surface area contributed by atoms with Crippen LogP contribution in [0.4, 0.5) is 0 Å². The van der Waals surface area contributed by atoms with Crippen LogP contribution in [0.2, 0.25) is 0 Å². The second-order valence-corrected chi connectivity index (χ2v) is 5.38. The maximum Gasteiger partial charge on any atom is 0.269 e. The Balaban J connectivity index is 1.55. The van der Waals surface area contributed by atoms with Gasteiger partial charge in [-0.05, 0) is 30.3 Å². The van der Waals surface area contributed by atoms with Crippen LogP contribution in [-0.2, 0) is 11.2 Å². The Morgan fingerprint density at radius 1 is 1.08 bits per heavy atom. The number of carbonyl (C=O) groups is 2. The molecule has 0 aliphatic heterocycles. The molecule has 0 saturated heterocycles. The molecule has 0 saturated carbocycles. The molecule has 26 heavy (non-hydrogen) atoms. The number of amides is 2. The zero-order valence-corrected chi connectivity index (χ0v) is 14.0. The summed E-state index contributed by atoms with van der Waals surface area (Å²) in [5.74, 6) is -0.136. The Hall–Kier alpha value is -3.68. The van der Waals surface area contributed by atoms with Crippen LogP contribution in [0.15, 0.2) is 61.2 Å². The molecule has 0 fully saturated rings. The number of nitrogens with zero attached hydrogens (tertiary/aromatic N) is 3. The lowest BCUT2D eigenvalue weighted by molar-refractivity contribution is -0.121. The molecule has 1 aromatic heterocycles. The number of aromatic nitrogens is 3. The monoisotopic (exact) mass is 351 g/mol. The molecular formula is C18H17N5O3. The summed E-state index contributed by atoms with van der Waals surface area (Å²) in [7, 11) is 1.54. The Kier molecular flexibility index (Phi) is 5.23. The van der Waals surface area contributed by atoms with Crippen molar-refractivity contribution in [3.05, 3.63) is 72.3 Å². The summed E-state index contributed by atoms with van der Waals surface area (Å²) in [6.45, 7) is 0. The minimum Gasteiger partial charge on any atom is -0.496 e. The molecule has 0 radical (unpaired) electrons. The molecule has 0 aliphatic carbocycles. The number of carbonyl (C=O) groups excluding carboxylic acids is 2. The van der Waals surface area contributed by atoms with E-state index in [4.69, 9.17) is 4.74 Å². The maximum absolute atomic E-state index is 12.1. The molecule has 0 atom stereocenters. The first-order valence-corrected chi connectivity index (χ1v) is 7.83. The quantitative estimate of drug-likeness (QED) is 0.675. The number of hydrazine groups is 1. The highest BCUT2D eigenvalue weighted by Crippen LogP contribution is 2.17. The van der Waals surface area contributed by atoms with Gasteiger partial charge in [-0.15, -0.1) is 0 Å². The largest absolute Gasteiger partial charge is 0.496 e. The van der Waals surface area contributed by atoms with Gasteiger partial charge in [-0.25, -0.2) is 9.67 Å². The summed E-state index contributed by atoms with van der Waals surface area (Å²) in [5.41, 5.74) is 6.72. The van der Waals surface area contributed by atoms with E-state index in [9.17, 15) is 9.59 Å². The first kappa shape index (κ1) is 17.2. The van der Waals surface area contributed by atoms with Crippen molar-refractivity contribution >= 4 is 11.8 Å². The smallest absolute Gasteiger partial charge is 0.269 e. The summed E-state index contributed by atoms with van der Waals surface area (Å²) >= 11 is 0. The standard InChI is InChI=1S/C18H17N5O3/c1-26-16-5-3-2-4-14(16)10-17(24)21-22-18(25)13-6-8-15(9-7-13)23-12-19-11-20-23/h2-9,11-12H,10H2,1H3,(H,21,24)(H,22,25). The Labute approximate surface area is 149 Å². The molecule has 2 amide bonds. The normalized spacial score (nSPS) is 10.2. The fourth-order valence-corrected chi connectivity index (χ4v) is 2.37. The van der Waals surface area contributed by atoms with Crippen molar-refractivity contribution in [2.45, 2.75) is 6.42 Å². The number of hydrogen-bond acceptors (Lipinski definition) is 5. The van der Waals surface area contributed by atoms with Crippen molar-refractivity contribution in [3.63, 3.8) is 0 Å². The average molecular weight is 351 g/mol. The third kappa shape index (κ3) is 4.04. The van der Waals surface area contributed by atoms with E-state index < -0.39 is 5.91 Å². The van der Waals surface area contributed by atoms with Gasteiger partial charge in [0, 0.05) is 11.1 Å². The molecule has 1 heterocycles. The lowest BCUT2D eigenvalue weighted by Gasteiger charge is -2.10. The summed E-state index contributed by atoms with van der Waals surface area (Å²) < 4.78 is 6.78. The molecule has 3 aromatic rings. The maximum atomic E-state index is 12.1. The first-order chi connectivity index (χ1) is 12.7. The van der Waals surface area contributed by atoms with E-state index in [2.05, 4.69) is 20.9 Å². The van der Waals surface area contributed by atoms with Gasteiger partial charge in [0.15, 0.2) is 0 Å². The second-order valence-electron chi connectivity index (χ2n) is 5.38. The number of nitrogens with one attached hydrogen (secondary N) is 2. The van der Waals surface area contributed by atoms with Crippen molar-refractivity contribution in [2.75, 3.05) is 7.11 Å². The van der Waals surface area contributed by atoms with E-state index in [1.165, 1.54) is 6.33 Å². The molecule has 2 N–H and O–H groups in total. The van der Waals surface area contributed by atoms with Crippen molar-refractivity contribution in [2.24, 2.45) is 0 Å². The fraction of sp³-hybridized carbons (Fsp3) is 0.111. The number of rotatable bonds is 5. The predicted octanol–water partition coefficient (Wildman–Crippen LogP) is 1.28. The Morgan fingerprint density at radius 3 is 2.54 bits per heavy atom.